The molecular formula is C13H22ClN3O. The molecule has 0 radical (unpaired) electrons. The molecule has 0 aliphatic rings. The summed E-state index contributed by atoms with van der Waals surface area (Å²) in [6.45, 7) is 6.47. The minimum absolute atomic E-state index is 0.288. The van der Waals surface area contributed by atoms with Gasteiger partial charge in [-0.3, -0.25) is 0 Å². The number of hydrogen-bond acceptors (Lipinski definition) is 4. The van der Waals surface area contributed by atoms with Gasteiger partial charge in [-0.15, -0.1) is 0 Å². The van der Waals surface area contributed by atoms with Gasteiger partial charge in [0.2, 0.25) is 0 Å². The average molecular weight is 272 g/mol. The van der Waals surface area contributed by atoms with E-state index in [1.807, 2.05) is 19.2 Å². The molecule has 0 spiro atoms. The molecule has 5 heteroatoms. The summed E-state index contributed by atoms with van der Waals surface area (Å²) in [5, 5.41) is 3.77. The fourth-order valence-electron chi connectivity index (χ4n) is 1.95. The molecule has 1 N–H and O–H groups in total. The van der Waals surface area contributed by atoms with Crippen LogP contribution in [0.2, 0.25) is 5.02 Å². The number of hydrogen-bond donors (Lipinski definition) is 1. The van der Waals surface area contributed by atoms with Crippen LogP contribution in [-0.4, -0.2) is 38.3 Å². The molecule has 1 aromatic heterocycles. The van der Waals surface area contributed by atoms with E-state index in [1.54, 1.807) is 7.11 Å². The number of nitrogens with one attached hydrogen (secondary N) is 1. The monoisotopic (exact) mass is 271 g/mol. The minimum atomic E-state index is 0.288. The van der Waals surface area contributed by atoms with E-state index in [2.05, 4.69) is 29.0 Å². The van der Waals surface area contributed by atoms with Crippen molar-refractivity contribution in [2.45, 2.75) is 26.4 Å². The first-order chi connectivity index (χ1) is 8.63. The Hall–Kier alpha value is -0.840. The molecule has 0 bridgehead atoms. The highest BCUT2D eigenvalue weighted by Gasteiger charge is 2.15. The van der Waals surface area contributed by atoms with Crippen LogP contribution in [0.4, 0.5) is 5.82 Å². The van der Waals surface area contributed by atoms with Gasteiger partial charge in [-0.25, -0.2) is 4.98 Å². The van der Waals surface area contributed by atoms with Gasteiger partial charge in [0.05, 0.1) is 23.4 Å². The van der Waals surface area contributed by atoms with Gasteiger partial charge in [0.15, 0.2) is 0 Å². The highest BCUT2D eigenvalue weighted by atomic mass is 35.5. The Morgan fingerprint density at radius 2 is 2.22 bits per heavy atom. The largest absolute Gasteiger partial charge is 0.383 e. The predicted molar refractivity (Wildman–Crippen MR) is 76.4 cm³/mol. The molecule has 1 heterocycles. The van der Waals surface area contributed by atoms with Crippen molar-refractivity contribution in [3.05, 3.63) is 22.8 Å². The maximum Gasteiger partial charge on any atom is 0.129 e. The van der Waals surface area contributed by atoms with Gasteiger partial charge in [-0.2, -0.15) is 0 Å². The Labute approximate surface area is 114 Å². The van der Waals surface area contributed by atoms with Gasteiger partial charge in [-0.05, 0) is 33.0 Å². The minimum Gasteiger partial charge on any atom is -0.383 e. The normalized spacial score (nSPS) is 12.5. The van der Waals surface area contributed by atoms with Gasteiger partial charge in [-0.1, -0.05) is 11.6 Å². The molecule has 1 aromatic rings. The molecule has 1 unspecified atom stereocenters. The molecule has 0 saturated heterocycles. The Morgan fingerprint density at radius 1 is 1.50 bits per heavy atom. The number of halogens is 1. The zero-order valence-corrected chi connectivity index (χ0v) is 12.3. The maximum absolute atomic E-state index is 6.12. The molecule has 0 aromatic carbocycles. The number of likely N-dealkylation sites (N-methyl/N-ethyl adjacent to an activating group) is 1. The Balaban J connectivity index is 2.95. The summed E-state index contributed by atoms with van der Waals surface area (Å²) in [4.78, 5) is 6.82. The summed E-state index contributed by atoms with van der Waals surface area (Å²) in [7, 11) is 3.60. The molecule has 0 aliphatic heterocycles. The third-order valence-corrected chi connectivity index (χ3v) is 3.17. The maximum atomic E-state index is 6.12. The number of anilines is 1. The zero-order valence-electron chi connectivity index (χ0n) is 11.5. The van der Waals surface area contributed by atoms with Crippen LogP contribution < -0.4 is 10.2 Å². The van der Waals surface area contributed by atoms with Crippen LogP contribution >= 0.6 is 11.6 Å². The van der Waals surface area contributed by atoms with E-state index in [9.17, 15) is 0 Å². The van der Waals surface area contributed by atoms with Crippen LogP contribution in [0, 0.1) is 0 Å². The Morgan fingerprint density at radius 3 is 2.78 bits per heavy atom. The quantitative estimate of drug-likeness (QED) is 0.826. The molecule has 1 rings (SSSR count). The summed E-state index contributed by atoms with van der Waals surface area (Å²) in [5.41, 5.74) is 0.875. The first-order valence-corrected chi connectivity index (χ1v) is 6.57. The Kier molecular flexibility index (Phi) is 6.39. The van der Waals surface area contributed by atoms with E-state index in [0.717, 1.165) is 18.1 Å². The molecular weight excluding hydrogens is 250 g/mol. The number of nitrogens with zero attached hydrogens (tertiary/aromatic N) is 2. The second-order valence-electron chi connectivity index (χ2n) is 4.22. The number of methoxy groups -OCH3 is 1. The number of aromatic nitrogens is 1. The molecule has 0 fully saturated rings. The van der Waals surface area contributed by atoms with E-state index < -0.39 is 0 Å². The Bertz CT molecular complexity index is 373. The van der Waals surface area contributed by atoms with E-state index in [1.165, 1.54) is 0 Å². The molecule has 102 valence electrons. The number of ether oxygens (including phenoxy) is 1. The topological polar surface area (TPSA) is 37.4 Å². The zero-order chi connectivity index (χ0) is 13.5. The number of pyridine rings is 1. The lowest BCUT2D eigenvalue weighted by Crippen LogP contribution is -2.36. The lowest BCUT2D eigenvalue weighted by atomic mass is 10.2. The first kappa shape index (κ1) is 15.2. The molecule has 4 nitrogen and oxygen atoms in total. The average Bonchev–Trinajstić information content (AvgIpc) is 2.34. The molecule has 1 atom stereocenters. The van der Waals surface area contributed by atoms with Crippen molar-refractivity contribution < 1.29 is 4.74 Å². The summed E-state index contributed by atoms with van der Waals surface area (Å²) in [6.07, 6.45) is 0. The second kappa shape index (κ2) is 7.56. The smallest absolute Gasteiger partial charge is 0.129 e. The van der Waals surface area contributed by atoms with E-state index >= 15 is 0 Å². The van der Waals surface area contributed by atoms with Crippen molar-refractivity contribution in [2.24, 2.45) is 0 Å². The molecule has 18 heavy (non-hydrogen) atoms. The van der Waals surface area contributed by atoms with E-state index in [0.29, 0.717) is 18.2 Å². The van der Waals surface area contributed by atoms with Crippen LogP contribution in [0.5, 0.6) is 0 Å². The standard InChI is InChI=1S/C13H22ClN3O/c1-5-17(10(2)9-18-4)13-7-6-11(14)12(16-13)8-15-3/h6-7,10,15H,5,8-9H2,1-4H3. The van der Waals surface area contributed by atoms with Crippen molar-refractivity contribution in [2.75, 3.05) is 32.2 Å². The molecule has 0 amide bonds. The van der Waals surface area contributed by atoms with Gasteiger partial charge in [0, 0.05) is 20.2 Å². The van der Waals surface area contributed by atoms with Crippen LogP contribution in [0.25, 0.3) is 0 Å². The van der Waals surface area contributed by atoms with Crippen molar-refractivity contribution in [3.63, 3.8) is 0 Å². The fourth-order valence-corrected chi connectivity index (χ4v) is 2.13. The van der Waals surface area contributed by atoms with Gasteiger partial charge < -0.3 is 15.0 Å². The van der Waals surface area contributed by atoms with Crippen molar-refractivity contribution in [1.29, 1.82) is 0 Å². The highest BCUT2D eigenvalue weighted by molar-refractivity contribution is 6.31. The van der Waals surface area contributed by atoms with E-state index in [4.69, 9.17) is 16.3 Å². The lowest BCUT2D eigenvalue weighted by molar-refractivity contribution is 0.181. The summed E-state index contributed by atoms with van der Waals surface area (Å²) in [6, 6.07) is 4.15. The van der Waals surface area contributed by atoms with Gasteiger partial charge in [0.25, 0.3) is 0 Å². The van der Waals surface area contributed by atoms with Crippen molar-refractivity contribution >= 4 is 17.4 Å². The molecule has 0 saturated carbocycles. The third-order valence-electron chi connectivity index (χ3n) is 2.82. The second-order valence-corrected chi connectivity index (χ2v) is 4.63. The SMILES string of the molecule is CCN(c1ccc(Cl)c(CNC)n1)C(C)COC. The van der Waals surface area contributed by atoms with Crippen molar-refractivity contribution in [3.8, 4) is 0 Å². The summed E-state index contributed by atoms with van der Waals surface area (Å²) >= 11 is 6.12. The molecule has 0 aliphatic carbocycles. The lowest BCUT2D eigenvalue weighted by Gasteiger charge is -2.29. The number of rotatable bonds is 7. The van der Waals surface area contributed by atoms with Crippen LogP contribution in [0.1, 0.15) is 19.5 Å². The third kappa shape index (κ3) is 3.83. The van der Waals surface area contributed by atoms with Crippen LogP contribution in [0.15, 0.2) is 12.1 Å². The van der Waals surface area contributed by atoms with Gasteiger partial charge in [0.1, 0.15) is 5.82 Å². The summed E-state index contributed by atoms with van der Waals surface area (Å²) < 4.78 is 5.20. The van der Waals surface area contributed by atoms with Crippen LogP contribution in [-0.2, 0) is 11.3 Å². The van der Waals surface area contributed by atoms with Crippen molar-refractivity contribution in [1.82, 2.24) is 10.3 Å². The van der Waals surface area contributed by atoms with E-state index in [-0.39, 0.29) is 6.04 Å². The van der Waals surface area contributed by atoms with Gasteiger partial charge >= 0.3 is 0 Å². The predicted octanol–water partition coefficient (Wildman–Crippen LogP) is 2.32. The fraction of sp³-hybridized carbons (Fsp3) is 0.615. The summed E-state index contributed by atoms with van der Waals surface area (Å²) in [5.74, 6) is 0.941. The first-order valence-electron chi connectivity index (χ1n) is 6.19. The van der Waals surface area contributed by atoms with Crippen LogP contribution in [0.3, 0.4) is 0 Å². The highest BCUT2D eigenvalue weighted by Crippen LogP contribution is 2.20.